The topological polar surface area (TPSA) is 20.2 Å². The average molecular weight is 350 g/mol. The Hall–Kier alpha value is -2.52. The zero-order valence-corrected chi connectivity index (χ0v) is 14.8. The summed E-state index contributed by atoms with van der Waals surface area (Å²) in [5, 5.41) is 10.3. The second-order valence-corrected chi connectivity index (χ2v) is 7.08. The number of halogens is 2. The van der Waals surface area contributed by atoms with Gasteiger partial charge in [0.25, 0.3) is 0 Å². The lowest BCUT2D eigenvalue weighted by Gasteiger charge is -2.18. The number of aliphatic hydroxyl groups excluding tert-OH is 1. The van der Waals surface area contributed by atoms with Crippen LogP contribution in [0, 0.1) is 25.5 Å². The highest BCUT2D eigenvalue weighted by molar-refractivity contribution is 5.88. The van der Waals surface area contributed by atoms with Crippen molar-refractivity contribution in [3.05, 3.63) is 82.4 Å². The van der Waals surface area contributed by atoms with Gasteiger partial charge in [-0.05, 0) is 73.2 Å². The van der Waals surface area contributed by atoms with E-state index in [1.165, 1.54) is 12.1 Å². The molecule has 1 aliphatic carbocycles. The maximum Gasteiger partial charge on any atom is 0.131 e. The summed E-state index contributed by atoms with van der Waals surface area (Å²) in [5.41, 5.74) is 5.91. The van der Waals surface area contributed by atoms with Gasteiger partial charge < -0.3 is 5.11 Å². The van der Waals surface area contributed by atoms with Gasteiger partial charge in [-0.2, -0.15) is 0 Å². The molecule has 0 bridgehead atoms. The highest BCUT2D eigenvalue weighted by atomic mass is 19.1. The molecule has 26 heavy (non-hydrogen) atoms. The van der Waals surface area contributed by atoms with Crippen molar-refractivity contribution in [3.63, 3.8) is 0 Å². The lowest BCUT2D eigenvalue weighted by molar-refractivity contribution is 0.180. The third kappa shape index (κ3) is 2.73. The van der Waals surface area contributed by atoms with E-state index in [0.717, 1.165) is 22.3 Å². The first-order valence-electron chi connectivity index (χ1n) is 8.82. The molecule has 132 valence electrons. The molecule has 0 aromatic heterocycles. The fraction of sp³-hybridized carbons (Fsp3) is 0.217. The van der Waals surface area contributed by atoms with E-state index < -0.39 is 6.10 Å². The van der Waals surface area contributed by atoms with Crippen molar-refractivity contribution in [2.45, 2.75) is 32.8 Å². The highest BCUT2D eigenvalue weighted by Crippen LogP contribution is 2.44. The first-order valence-corrected chi connectivity index (χ1v) is 8.82. The number of aryl methyl sites for hydroxylation is 2. The predicted molar refractivity (Wildman–Crippen MR) is 100.0 cm³/mol. The van der Waals surface area contributed by atoms with Crippen molar-refractivity contribution in [3.8, 4) is 22.3 Å². The van der Waals surface area contributed by atoms with E-state index in [2.05, 4.69) is 0 Å². The van der Waals surface area contributed by atoms with Crippen LogP contribution in [-0.4, -0.2) is 5.11 Å². The lowest BCUT2D eigenvalue weighted by atomic mass is 9.87. The molecule has 3 heteroatoms. The first-order chi connectivity index (χ1) is 12.5. The number of hydrogen-bond acceptors (Lipinski definition) is 1. The van der Waals surface area contributed by atoms with Gasteiger partial charge >= 0.3 is 0 Å². The van der Waals surface area contributed by atoms with E-state index in [1.54, 1.807) is 24.3 Å². The van der Waals surface area contributed by atoms with Crippen molar-refractivity contribution in [1.29, 1.82) is 0 Å². The van der Waals surface area contributed by atoms with Gasteiger partial charge in [-0.15, -0.1) is 0 Å². The number of aliphatic hydroxyl groups is 1. The fourth-order valence-electron chi connectivity index (χ4n) is 3.89. The molecular weight excluding hydrogens is 330 g/mol. The van der Waals surface area contributed by atoms with Gasteiger partial charge in [0.05, 0.1) is 6.10 Å². The molecule has 0 saturated carbocycles. The monoisotopic (exact) mass is 350 g/mol. The molecule has 0 saturated heterocycles. The van der Waals surface area contributed by atoms with Gasteiger partial charge in [-0.1, -0.05) is 35.4 Å². The number of benzene rings is 3. The van der Waals surface area contributed by atoms with Crippen LogP contribution in [0.3, 0.4) is 0 Å². The van der Waals surface area contributed by atoms with Crippen LogP contribution >= 0.6 is 0 Å². The molecule has 0 amide bonds. The quantitative estimate of drug-likeness (QED) is 0.610. The summed E-state index contributed by atoms with van der Waals surface area (Å²) in [6.45, 7) is 3.82. The van der Waals surface area contributed by atoms with Crippen LogP contribution in [0.5, 0.6) is 0 Å². The van der Waals surface area contributed by atoms with Gasteiger partial charge in [0.1, 0.15) is 11.6 Å². The maximum atomic E-state index is 14.7. The van der Waals surface area contributed by atoms with Crippen LogP contribution in [0.2, 0.25) is 0 Å². The Morgan fingerprint density at radius 3 is 2.12 bits per heavy atom. The molecule has 0 fully saturated rings. The highest BCUT2D eigenvalue weighted by Gasteiger charge is 2.27. The lowest BCUT2D eigenvalue weighted by Crippen LogP contribution is -1.99. The Morgan fingerprint density at radius 2 is 1.42 bits per heavy atom. The summed E-state index contributed by atoms with van der Waals surface area (Å²) in [6.07, 6.45) is 0.712. The molecule has 3 aromatic rings. The molecule has 0 spiro atoms. The summed E-state index contributed by atoms with van der Waals surface area (Å²) >= 11 is 0. The van der Waals surface area contributed by atoms with Gasteiger partial charge in [0, 0.05) is 11.1 Å². The molecule has 0 aliphatic heterocycles. The van der Waals surface area contributed by atoms with Crippen LogP contribution in [0.15, 0.2) is 48.5 Å². The second kappa shape index (κ2) is 6.33. The minimum Gasteiger partial charge on any atom is -0.388 e. The summed E-state index contributed by atoms with van der Waals surface area (Å²) in [4.78, 5) is 0. The maximum absolute atomic E-state index is 14.7. The zero-order chi connectivity index (χ0) is 18.4. The average Bonchev–Trinajstić information content (AvgIpc) is 3.00. The Bertz CT molecular complexity index is 1010. The molecule has 0 unspecified atom stereocenters. The van der Waals surface area contributed by atoms with E-state index in [1.807, 2.05) is 26.0 Å². The zero-order valence-electron chi connectivity index (χ0n) is 14.8. The minimum atomic E-state index is -0.548. The smallest absolute Gasteiger partial charge is 0.131 e. The van der Waals surface area contributed by atoms with E-state index in [-0.39, 0.29) is 11.6 Å². The van der Waals surface area contributed by atoms with Crippen molar-refractivity contribution < 1.29 is 13.9 Å². The van der Waals surface area contributed by atoms with Crippen molar-refractivity contribution in [1.82, 2.24) is 0 Å². The molecule has 1 N–H and O–H groups in total. The third-order valence-corrected chi connectivity index (χ3v) is 5.18. The van der Waals surface area contributed by atoms with E-state index in [0.29, 0.717) is 35.1 Å². The van der Waals surface area contributed by atoms with Crippen molar-refractivity contribution in [2.24, 2.45) is 0 Å². The SMILES string of the molecule is Cc1ccc(F)c(-c2ccc3c(c2-c2cc(C)ccc2F)CC[C@@H]3O)c1. The largest absolute Gasteiger partial charge is 0.388 e. The Labute approximate surface area is 151 Å². The molecule has 4 rings (SSSR count). The molecular formula is C23H20F2O. The Morgan fingerprint density at radius 1 is 0.808 bits per heavy atom. The van der Waals surface area contributed by atoms with Crippen molar-refractivity contribution in [2.75, 3.05) is 0 Å². The normalized spacial score (nSPS) is 16.0. The van der Waals surface area contributed by atoms with Crippen LogP contribution in [0.1, 0.15) is 34.8 Å². The minimum absolute atomic E-state index is 0.330. The molecule has 0 heterocycles. The Kier molecular flexibility index (Phi) is 4.12. The van der Waals surface area contributed by atoms with E-state index in [4.69, 9.17) is 0 Å². The van der Waals surface area contributed by atoms with Gasteiger partial charge in [0.2, 0.25) is 0 Å². The van der Waals surface area contributed by atoms with Gasteiger partial charge in [-0.25, -0.2) is 8.78 Å². The van der Waals surface area contributed by atoms with Crippen molar-refractivity contribution >= 4 is 0 Å². The number of hydrogen-bond donors (Lipinski definition) is 1. The molecule has 1 nitrogen and oxygen atoms in total. The van der Waals surface area contributed by atoms with Crippen LogP contribution in [0.25, 0.3) is 22.3 Å². The summed E-state index contributed by atoms with van der Waals surface area (Å²) in [7, 11) is 0. The second-order valence-electron chi connectivity index (χ2n) is 7.08. The Balaban J connectivity index is 2.08. The van der Waals surface area contributed by atoms with Crippen LogP contribution in [0.4, 0.5) is 8.78 Å². The van der Waals surface area contributed by atoms with Crippen LogP contribution in [-0.2, 0) is 6.42 Å². The first kappa shape index (κ1) is 16.9. The molecule has 1 atom stereocenters. The van der Waals surface area contributed by atoms with Crippen LogP contribution < -0.4 is 0 Å². The van der Waals surface area contributed by atoms with Gasteiger partial charge in [0.15, 0.2) is 0 Å². The summed E-state index contributed by atoms with van der Waals surface area (Å²) in [6, 6.07) is 13.6. The summed E-state index contributed by atoms with van der Waals surface area (Å²) in [5.74, 6) is -0.664. The summed E-state index contributed by atoms with van der Waals surface area (Å²) < 4.78 is 29.4. The fourth-order valence-corrected chi connectivity index (χ4v) is 3.89. The van der Waals surface area contributed by atoms with E-state index in [9.17, 15) is 13.9 Å². The number of fused-ring (bicyclic) bond motifs is 1. The predicted octanol–water partition coefficient (Wildman–Crippen LogP) is 5.90. The van der Waals surface area contributed by atoms with E-state index >= 15 is 0 Å². The molecule has 1 aliphatic rings. The van der Waals surface area contributed by atoms with Gasteiger partial charge in [-0.3, -0.25) is 0 Å². The molecule has 3 aromatic carbocycles. The number of rotatable bonds is 2. The standard InChI is InChI=1S/C23H20F2O/c1-13-3-8-20(24)18(11-13)17-6-5-15-16(7-10-22(15)26)23(17)19-12-14(2)4-9-21(19)25/h3-6,8-9,11-12,22,26H,7,10H2,1-2H3/t22-/m0/s1. The third-order valence-electron chi connectivity index (χ3n) is 5.18. The molecule has 0 radical (unpaired) electrons.